The average Bonchev–Trinajstić information content (AvgIpc) is 3.06. The number of alkyl halides is 3. The van der Waals surface area contributed by atoms with Gasteiger partial charge in [0.1, 0.15) is 0 Å². The predicted octanol–water partition coefficient (Wildman–Crippen LogP) is 2.97. The van der Waals surface area contributed by atoms with Crippen LogP contribution in [0, 0.1) is 0 Å². The second-order valence-electron chi connectivity index (χ2n) is 6.22. The van der Waals surface area contributed by atoms with Gasteiger partial charge in [0.2, 0.25) is 0 Å². The Morgan fingerprint density at radius 1 is 1.25 bits per heavy atom. The number of amides is 2. The van der Waals surface area contributed by atoms with Crippen molar-refractivity contribution < 1.29 is 27.9 Å². The highest BCUT2D eigenvalue weighted by Crippen LogP contribution is 2.38. The van der Waals surface area contributed by atoms with E-state index in [4.69, 9.17) is 5.73 Å². The van der Waals surface area contributed by atoms with E-state index < -0.39 is 24.4 Å². The van der Waals surface area contributed by atoms with Gasteiger partial charge in [-0.05, 0) is 41.5 Å². The second kappa shape index (κ2) is 7.39. The fraction of sp³-hybridized carbons (Fsp3) is 0.222. The molecule has 0 saturated carbocycles. The Balaban J connectivity index is 1.60. The van der Waals surface area contributed by atoms with Gasteiger partial charge >= 0.3 is 18.0 Å². The molecule has 1 aliphatic heterocycles. The van der Waals surface area contributed by atoms with Crippen molar-refractivity contribution >= 4 is 23.1 Å². The third kappa shape index (κ3) is 4.34. The number of nitrogens with one attached hydrogen (secondary N) is 2. The minimum atomic E-state index is -4.96. The van der Waals surface area contributed by atoms with Crippen LogP contribution in [0.5, 0.6) is 0 Å². The van der Waals surface area contributed by atoms with Crippen molar-refractivity contribution in [2.75, 3.05) is 11.1 Å². The van der Waals surface area contributed by atoms with Crippen molar-refractivity contribution in [3.63, 3.8) is 0 Å². The Labute approximate surface area is 158 Å². The number of halogens is 3. The van der Waals surface area contributed by atoms with Crippen LogP contribution in [0.2, 0.25) is 0 Å². The van der Waals surface area contributed by atoms with E-state index in [9.17, 15) is 23.1 Å². The summed E-state index contributed by atoms with van der Waals surface area (Å²) in [7, 11) is 0. The topological polar surface area (TPSA) is 109 Å². The quantitative estimate of drug-likeness (QED) is 0.598. The summed E-state index contributed by atoms with van der Waals surface area (Å²) in [5.41, 5.74) is 7.66. The molecule has 1 aliphatic rings. The van der Waals surface area contributed by atoms with E-state index in [0.717, 1.165) is 0 Å². The molecule has 3 rings (SSSR count). The average molecular weight is 394 g/mol. The van der Waals surface area contributed by atoms with E-state index in [1.54, 1.807) is 48.5 Å². The molecule has 2 aromatic carbocycles. The molecular formula is C18H17F3N4O3. The molecule has 0 radical (unpaired) electrons. The van der Waals surface area contributed by atoms with Crippen LogP contribution in [0.15, 0.2) is 53.7 Å². The third-order valence-corrected chi connectivity index (χ3v) is 4.04. The first-order chi connectivity index (χ1) is 13.2. The lowest BCUT2D eigenvalue weighted by Gasteiger charge is -2.22. The maximum atomic E-state index is 12.8. The zero-order valence-corrected chi connectivity index (χ0v) is 14.5. The number of rotatable bonds is 4. The SMILES string of the molecule is Nc1ccc(NC(=O)NCc2cccc(C3=NOC(O)(C(F)(F)F)C3)c2)cc1. The standard InChI is InChI=1S/C18H17F3N4O3/c19-18(20,21)17(27)9-15(25-28-17)12-3-1-2-11(8-12)10-23-16(26)24-14-6-4-13(22)5-7-14/h1-8,27H,9-10,22H2,(H2,23,24,26). The number of oxime groups is 1. The zero-order valence-electron chi connectivity index (χ0n) is 14.5. The van der Waals surface area contributed by atoms with E-state index in [-0.39, 0.29) is 12.3 Å². The summed E-state index contributed by atoms with van der Waals surface area (Å²) in [6, 6.07) is 12.5. The zero-order chi connectivity index (χ0) is 20.4. The van der Waals surface area contributed by atoms with Crippen molar-refractivity contribution in [3.05, 3.63) is 59.7 Å². The summed E-state index contributed by atoms with van der Waals surface area (Å²) in [4.78, 5) is 16.2. The Kier molecular flexibility index (Phi) is 5.14. The van der Waals surface area contributed by atoms with Crippen LogP contribution < -0.4 is 16.4 Å². The molecule has 1 atom stereocenters. The van der Waals surface area contributed by atoms with Gasteiger partial charge in [0, 0.05) is 17.9 Å². The predicted molar refractivity (Wildman–Crippen MR) is 96.4 cm³/mol. The number of benzene rings is 2. The molecule has 148 valence electrons. The molecule has 0 aromatic heterocycles. The van der Waals surface area contributed by atoms with Crippen molar-refractivity contribution in [2.45, 2.75) is 24.9 Å². The number of nitrogen functional groups attached to an aromatic ring is 1. The van der Waals surface area contributed by atoms with Gasteiger partial charge in [-0.3, -0.25) is 0 Å². The van der Waals surface area contributed by atoms with E-state index in [2.05, 4.69) is 20.6 Å². The molecule has 7 nitrogen and oxygen atoms in total. The fourth-order valence-corrected chi connectivity index (χ4v) is 2.51. The molecule has 0 saturated heterocycles. The van der Waals surface area contributed by atoms with Crippen LogP contribution in [-0.4, -0.2) is 28.8 Å². The van der Waals surface area contributed by atoms with Crippen LogP contribution in [0.1, 0.15) is 17.5 Å². The lowest BCUT2D eigenvalue weighted by molar-refractivity contribution is -0.355. The third-order valence-electron chi connectivity index (χ3n) is 4.04. The molecule has 1 unspecified atom stereocenters. The summed E-state index contributed by atoms with van der Waals surface area (Å²) < 4.78 is 38.4. The number of carbonyl (C=O) groups is 1. The van der Waals surface area contributed by atoms with Gasteiger partial charge in [-0.1, -0.05) is 23.4 Å². The molecule has 0 spiro atoms. The van der Waals surface area contributed by atoms with Gasteiger partial charge in [0.05, 0.1) is 12.1 Å². The van der Waals surface area contributed by atoms with Gasteiger partial charge in [0.25, 0.3) is 0 Å². The van der Waals surface area contributed by atoms with Crippen LogP contribution in [0.3, 0.4) is 0 Å². The van der Waals surface area contributed by atoms with Crippen molar-refractivity contribution in [3.8, 4) is 0 Å². The van der Waals surface area contributed by atoms with Crippen LogP contribution in [0.4, 0.5) is 29.3 Å². The van der Waals surface area contributed by atoms with Crippen molar-refractivity contribution in [1.29, 1.82) is 0 Å². The molecule has 0 aliphatic carbocycles. The highest BCUT2D eigenvalue weighted by molar-refractivity contribution is 6.01. The van der Waals surface area contributed by atoms with Gasteiger partial charge in [-0.25, -0.2) is 4.79 Å². The molecule has 10 heteroatoms. The van der Waals surface area contributed by atoms with Gasteiger partial charge in [-0.15, -0.1) is 0 Å². The Hall–Kier alpha value is -3.27. The fourth-order valence-electron chi connectivity index (χ4n) is 2.51. The van der Waals surface area contributed by atoms with E-state index >= 15 is 0 Å². The highest BCUT2D eigenvalue weighted by Gasteiger charge is 2.60. The van der Waals surface area contributed by atoms with Crippen molar-refractivity contribution in [1.82, 2.24) is 5.32 Å². The molecule has 5 N–H and O–H groups in total. The molecule has 2 aromatic rings. The molecule has 2 amide bonds. The lowest BCUT2D eigenvalue weighted by atomic mass is 10.0. The van der Waals surface area contributed by atoms with Crippen molar-refractivity contribution in [2.24, 2.45) is 5.16 Å². The second-order valence-corrected chi connectivity index (χ2v) is 6.22. The van der Waals surface area contributed by atoms with Crippen LogP contribution in [0.25, 0.3) is 0 Å². The minimum Gasteiger partial charge on any atom is -0.399 e. The van der Waals surface area contributed by atoms with Crippen LogP contribution >= 0.6 is 0 Å². The summed E-state index contributed by atoms with van der Waals surface area (Å²) in [6.45, 7) is 0.131. The summed E-state index contributed by atoms with van der Waals surface area (Å²) in [5, 5.41) is 18.2. The Morgan fingerprint density at radius 2 is 1.96 bits per heavy atom. The van der Waals surface area contributed by atoms with Gasteiger partial charge in [0.15, 0.2) is 0 Å². The number of nitrogens with two attached hydrogens (primary N) is 1. The molecule has 0 bridgehead atoms. The summed E-state index contributed by atoms with van der Waals surface area (Å²) >= 11 is 0. The maximum absolute atomic E-state index is 12.8. The molecule has 28 heavy (non-hydrogen) atoms. The number of nitrogens with zero attached hydrogens (tertiary/aromatic N) is 1. The first-order valence-electron chi connectivity index (χ1n) is 8.20. The lowest BCUT2D eigenvalue weighted by Crippen LogP contribution is -2.45. The molecule has 0 fully saturated rings. The van der Waals surface area contributed by atoms with Crippen LogP contribution in [-0.2, 0) is 11.4 Å². The number of hydrogen-bond acceptors (Lipinski definition) is 5. The molecule has 1 heterocycles. The number of anilines is 2. The normalized spacial score (nSPS) is 18.9. The van der Waals surface area contributed by atoms with E-state index in [1.165, 1.54) is 0 Å². The van der Waals surface area contributed by atoms with Gasteiger partial charge < -0.3 is 26.3 Å². The maximum Gasteiger partial charge on any atom is 0.458 e. The first kappa shape index (κ1) is 19.5. The van der Waals surface area contributed by atoms with E-state index in [1.807, 2.05) is 0 Å². The molecular weight excluding hydrogens is 377 g/mol. The summed E-state index contributed by atoms with van der Waals surface area (Å²) in [5.74, 6) is -3.32. The Morgan fingerprint density at radius 3 is 2.61 bits per heavy atom. The Bertz CT molecular complexity index is 900. The number of urea groups is 1. The summed E-state index contributed by atoms with van der Waals surface area (Å²) in [6.07, 6.45) is -5.78. The van der Waals surface area contributed by atoms with E-state index in [0.29, 0.717) is 22.5 Å². The minimum absolute atomic E-state index is 0.0343. The number of hydrogen-bond donors (Lipinski definition) is 4. The first-order valence-corrected chi connectivity index (χ1v) is 8.20. The number of aliphatic hydroxyl groups is 1. The highest BCUT2D eigenvalue weighted by atomic mass is 19.4. The van der Waals surface area contributed by atoms with Gasteiger partial charge in [-0.2, -0.15) is 13.2 Å². The largest absolute Gasteiger partial charge is 0.458 e. The monoisotopic (exact) mass is 394 g/mol. The number of carbonyl (C=O) groups excluding carboxylic acids is 1. The smallest absolute Gasteiger partial charge is 0.399 e.